The number of nitrogens with one attached hydrogen (secondary N) is 2. The number of hydrogen-bond donors (Lipinski definition) is 3. The number of aromatic nitrogens is 2. The molecule has 1 aliphatic heterocycles. The van der Waals surface area contributed by atoms with E-state index in [1.807, 2.05) is 25.2 Å². The van der Waals surface area contributed by atoms with E-state index >= 15 is 0 Å². The average molecular weight is 385 g/mol. The van der Waals surface area contributed by atoms with Crippen molar-refractivity contribution in [2.24, 2.45) is 11.7 Å². The van der Waals surface area contributed by atoms with Crippen LogP contribution in [-0.2, 0) is 0 Å². The Labute approximate surface area is 164 Å². The number of ether oxygens (including phenoxy) is 2. The largest absolute Gasteiger partial charge is 0.490 e. The predicted octanol–water partition coefficient (Wildman–Crippen LogP) is 2.38. The Morgan fingerprint density at radius 2 is 2.14 bits per heavy atom. The van der Waals surface area contributed by atoms with Crippen molar-refractivity contribution in [1.82, 2.24) is 14.9 Å². The van der Waals surface area contributed by atoms with Crippen molar-refractivity contribution in [3.63, 3.8) is 0 Å². The summed E-state index contributed by atoms with van der Waals surface area (Å²) >= 11 is 0. The summed E-state index contributed by atoms with van der Waals surface area (Å²) in [6.07, 6.45) is 5.97. The molecule has 1 aromatic heterocycles. The van der Waals surface area contributed by atoms with Crippen LogP contribution in [0.2, 0.25) is 0 Å². The third-order valence-corrected chi connectivity index (χ3v) is 5.45. The van der Waals surface area contributed by atoms with Crippen LogP contribution < -0.4 is 31.5 Å². The van der Waals surface area contributed by atoms with Gasteiger partial charge in [-0.3, -0.25) is 4.57 Å². The lowest BCUT2D eigenvalue weighted by Crippen LogP contribution is -2.32. The molecule has 1 aliphatic carbocycles. The standard InChI is InChI=1S/C20H27N5O3/c1-22-11-13-5-7-14(8-6-13)25-12-17-19(24-20(25)26)23-18-15(27-10-9-21)3-2-4-16(18)28-17/h2-4,12-14,22H,5-11,21H2,1H3,(H,23,24,26)/t13-,14-. The van der Waals surface area contributed by atoms with E-state index in [1.54, 1.807) is 10.8 Å². The first kappa shape index (κ1) is 18.8. The van der Waals surface area contributed by atoms with Gasteiger partial charge in [0.2, 0.25) is 0 Å². The summed E-state index contributed by atoms with van der Waals surface area (Å²) in [4.78, 5) is 16.9. The van der Waals surface area contributed by atoms with Crippen molar-refractivity contribution in [2.45, 2.75) is 31.7 Å². The molecule has 4 N–H and O–H groups in total. The van der Waals surface area contributed by atoms with Crippen molar-refractivity contribution in [2.75, 3.05) is 32.1 Å². The molecule has 2 aliphatic rings. The predicted molar refractivity (Wildman–Crippen MR) is 108 cm³/mol. The van der Waals surface area contributed by atoms with Gasteiger partial charge in [0.15, 0.2) is 17.3 Å². The van der Waals surface area contributed by atoms with Crippen molar-refractivity contribution in [3.05, 3.63) is 34.9 Å². The van der Waals surface area contributed by atoms with E-state index in [9.17, 15) is 4.79 Å². The number of fused-ring (bicyclic) bond motifs is 2. The molecule has 8 heteroatoms. The van der Waals surface area contributed by atoms with Gasteiger partial charge in [0.1, 0.15) is 18.0 Å². The Morgan fingerprint density at radius 1 is 1.32 bits per heavy atom. The van der Waals surface area contributed by atoms with E-state index in [-0.39, 0.29) is 11.7 Å². The minimum absolute atomic E-state index is 0.169. The van der Waals surface area contributed by atoms with Crippen LogP contribution >= 0.6 is 0 Å². The molecule has 2 heterocycles. The van der Waals surface area contributed by atoms with Crippen LogP contribution in [0.25, 0.3) is 0 Å². The van der Waals surface area contributed by atoms with Gasteiger partial charge in [-0.2, -0.15) is 4.98 Å². The molecule has 0 amide bonds. The second-order valence-corrected chi connectivity index (χ2v) is 7.37. The van der Waals surface area contributed by atoms with E-state index in [0.29, 0.717) is 47.8 Å². The highest BCUT2D eigenvalue weighted by molar-refractivity contribution is 5.77. The molecule has 0 atom stereocenters. The van der Waals surface area contributed by atoms with Crippen molar-refractivity contribution < 1.29 is 9.47 Å². The molecular formula is C20H27N5O3. The zero-order valence-corrected chi connectivity index (χ0v) is 16.1. The number of nitrogens with zero attached hydrogens (tertiary/aromatic N) is 2. The summed E-state index contributed by atoms with van der Waals surface area (Å²) in [5, 5.41) is 6.43. The molecule has 0 saturated heterocycles. The zero-order chi connectivity index (χ0) is 19.5. The molecule has 1 fully saturated rings. The first-order valence-corrected chi connectivity index (χ1v) is 9.88. The number of hydrogen-bond acceptors (Lipinski definition) is 7. The van der Waals surface area contributed by atoms with Crippen molar-refractivity contribution in [3.8, 4) is 17.2 Å². The SMILES string of the molecule is CNC[C@H]1CC[C@H](n2cc3c(nc2=O)Nc2c(OCCN)cccc2O3)CC1. The van der Waals surface area contributed by atoms with E-state index in [1.165, 1.54) is 0 Å². The topological polar surface area (TPSA) is 103 Å². The fourth-order valence-corrected chi connectivity index (χ4v) is 4.04. The average Bonchev–Trinajstić information content (AvgIpc) is 2.71. The van der Waals surface area contributed by atoms with Gasteiger partial charge in [-0.15, -0.1) is 0 Å². The van der Waals surface area contributed by atoms with E-state index in [4.69, 9.17) is 15.2 Å². The summed E-state index contributed by atoms with van der Waals surface area (Å²) in [6, 6.07) is 5.73. The van der Waals surface area contributed by atoms with Crippen LogP contribution in [0.1, 0.15) is 31.7 Å². The molecule has 28 heavy (non-hydrogen) atoms. The first-order chi connectivity index (χ1) is 13.7. The molecule has 0 radical (unpaired) electrons. The quantitative estimate of drug-likeness (QED) is 0.598. The Hall–Kier alpha value is -2.58. The maximum atomic E-state index is 12.7. The van der Waals surface area contributed by atoms with Gasteiger partial charge in [-0.05, 0) is 57.3 Å². The number of benzene rings is 1. The van der Waals surface area contributed by atoms with Gasteiger partial charge in [0.05, 0.1) is 6.20 Å². The zero-order valence-electron chi connectivity index (χ0n) is 16.1. The van der Waals surface area contributed by atoms with Crippen LogP contribution in [0.5, 0.6) is 17.2 Å². The van der Waals surface area contributed by atoms with Crippen molar-refractivity contribution in [1.29, 1.82) is 0 Å². The summed E-state index contributed by atoms with van der Waals surface area (Å²) in [6.45, 7) is 1.85. The lowest BCUT2D eigenvalue weighted by molar-refractivity contribution is 0.264. The fourth-order valence-electron chi connectivity index (χ4n) is 4.04. The second kappa shape index (κ2) is 8.20. The summed E-state index contributed by atoms with van der Waals surface area (Å²) < 4.78 is 13.4. The highest BCUT2D eigenvalue weighted by atomic mass is 16.5. The monoisotopic (exact) mass is 385 g/mol. The summed E-state index contributed by atoms with van der Waals surface area (Å²) in [5.74, 6) is 2.93. The Bertz CT molecular complexity index is 890. The van der Waals surface area contributed by atoms with Gasteiger partial charge in [-0.25, -0.2) is 4.79 Å². The van der Waals surface area contributed by atoms with Gasteiger partial charge < -0.3 is 25.8 Å². The summed E-state index contributed by atoms with van der Waals surface area (Å²) in [5.41, 5.74) is 5.94. The van der Waals surface area contributed by atoms with E-state index in [2.05, 4.69) is 15.6 Å². The van der Waals surface area contributed by atoms with E-state index < -0.39 is 0 Å². The number of nitrogens with two attached hydrogens (primary N) is 1. The molecule has 1 aromatic carbocycles. The van der Waals surface area contributed by atoms with Crippen LogP contribution in [0.15, 0.2) is 29.2 Å². The Morgan fingerprint density at radius 3 is 2.89 bits per heavy atom. The molecular weight excluding hydrogens is 358 g/mol. The number of anilines is 2. The lowest BCUT2D eigenvalue weighted by Gasteiger charge is -2.30. The third kappa shape index (κ3) is 3.70. The highest BCUT2D eigenvalue weighted by Gasteiger charge is 2.27. The molecule has 2 aromatic rings. The smallest absolute Gasteiger partial charge is 0.350 e. The lowest BCUT2D eigenvalue weighted by atomic mass is 9.86. The number of rotatable bonds is 6. The minimum Gasteiger partial charge on any atom is -0.490 e. The molecule has 0 unspecified atom stereocenters. The van der Waals surface area contributed by atoms with Gasteiger partial charge in [0, 0.05) is 12.6 Å². The third-order valence-electron chi connectivity index (χ3n) is 5.45. The first-order valence-electron chi connectivity index (χ1n) is 9.88. The van der Waals surface area contributed by atoms with Gasteiger partial charge in [-0.1, -0.05) is 6.07 Å². The minimum atomic E-state index is -0.254. The molecule has 0 spiro atoms. The molecule has 4 rings (SSSR count). The number of para-hydroxylation sites is 1. The maximum Gasteiger partial charge on any atom is 0.350 e. The van der Waals surface area contributed by atoms with Crippen molar-refractivity contribution >= 4 is 11.5 Å². The highest BCUT2D eigenvalue weighted by Crippen LogP contribution is 2.45. The van der Waals surface area contributed by atoms with Gasteiger partial charge >= 0.3 is 5.69 Å². The van der Waals surface area contributed by atoms with Crippen LogP contribution in [0, 0.1) is 5.92 Å². The molecule has 1 saturated carbocycles. The Kier molecular flexibility index (Phi) is 5.50. The molecule has 150 valence electrons. The second-order valence-electron chi connectivity index (χ2n) is 7.37. The van der Waals surface area contributed by atoms with Crippen LogP contribution in [-0.4, -0.2) is 36.3 Å². The maximum absolute atomic E-state index is 12.7. The van der Waals surface area contributed by atoms with Crippen LogP contribution in [0.4, 0.5) is 11.5 Å². The molecule has 0 bridgehead atoms. The molecule has 8 nitrogen and oxygen atoms in total. The fraction of sp³-hybridized carbons (Fsp3) is 0.500. The normalized spacial score (nSPS) is 20.5. The van der Waals surface area contributed by atoms with E-state index in [0.717, 1.165) is 32.2 Å². The van der Waals surface area contributed by atoms with Gasteiger partial charge in [0.25, 0.3) is 0 Å². The summed E-state index contributed by atoms with van der Waals surface area (Å²) in [7, 11) is 1.98. The van der Waals surface area contributed by atoms with Crippen LogP contribution in [0.3, 0.4) is 0 Å². The Balaban J connectivity index is 1.56.